The Balaban J connectivity index is 1.69. The van der Waals surface area contributed by atoms with Crippen molar-refractivity contribution in [1.29, 1.82) is 0 Å². The molecular weight excluding hydrogens is 464 g/mol. The van der Waals surface area contributed by atoms with Crippen molar-refractivity contribution < 1.29 is 33.8 Å². The van der Waals surface area contributed by atoms with E-state index in [-0.39, 0.29) is 19.6 Å². The molecule has 0 unspecified atom stereocenters. The van der Waals surface area contributed by atoms with E-state index in [0.29, 0.717) is 41.8 Å². The highest BCUT2D eigenvalue weighted by molar-refractivity contribution is 6.21. The van der Waals surface area contributed by atoms with E-state index in [1.54, 1.807) is 56.0 Å². The zero-order chi connectivity index (χ0) is 26.0. The summed E-state index contributed by atoms with van der Waals surface area (Å²) in [5, 5.41) is 8.93. The molecule has 2 aromatic carbocycles. The fourth-order valence-corrected chi connectivity index (χ4v) is 4.58. The minimum Gasteiger partial charge on any atom is -0.493 e. The van der Waals surface area contributed by atoms with Crippen molar-refractivity contribution in [2.24, 2.45) is 0 Å². The highest BCUT2D eigenvalue weighted by Gasteiger charge is 2.42. The number of hydrogen-bond acceptors (Lipinski definition) is 6. The van der Waals surface area contributed by atoms with Gasteiger partial charge in [-0.3, -0.25) is 24.2 Å². The minimum absolute atomic E-state index is 0.0302. The van der Waals surface area contributed by atoms with Crippen molar-refractivity contribution in [1.82, 2.24) is 9.80 Å². The van der Waals surface area contributed by atoms with Crippen LogP contribution in [0.4, 0.5) is 4.79 Å². The Morgan fingerprint density at radius 1 is 1.03 bits per heavy atom. The number of rotatable bonds is 7. The third-order valence-electron chi connectivity index (χ3n) is 6.14. The standard InChI is InChI=1S/C27H30N2O7/c1-27(2,3)36-26(34)28-14-13-17-8-6-11-21(35-15-7-12-22(30)31)23(17)20(28)16-29-24(32)18-9-4-5-10-19(18)25(29)33/h4-6,8-11,20H,7,12-16H2,1-3H3,(H,30,31)/t20-/m1/s1. The smallest absolute Gasteiger partial charge is 0.410 e. The number of nitrogens with zero attached hydrogens (tertiary/aromatic N) is 2. The third-order valence-corrected chi connectivity index (χ3v) is 6.14. The molecule has 0 saturated carbocycles. The van der Waals surface area contributed by atoms with E-state index in [2.05, 4.69) is 0 Å². The van der Waals surface area contributed by atoms with E-state index in [1.165, 1.54) is 4.90 Å². The molecule has 9 heteroatoms. The van der Waals surface area contributed by atoms with Gasteiger partial charge in [0, 0.05) is 18.5 Å². The first-order chi connectivity index (χ1) is 17.1. The molecule has 0 fully saturated rings. The van der Waals surface area contributed by atoms with Crippen LogP contribution in [0.5, 0.6) is 5.75 Å². The average Bonchev–Trinajstić information content (AvgIpc) is 3.05. The largest absolute Gasteiger partial charge is 0.493 e. The fraction of sp³-hybridized carbons (Fsp3) is 0.407. The van der Waals surface area contributed by atoms with Gasteiger partial charge in [-0.25, -0.2) is 4.79 Å². The van der Waals surface area contributed by atoms with Gasteiger partial charge in [-0.05, 0) is 57.4 Å². The second kappa shape index (κ2) is 10.0. The summed E-state index contributed by atoms with van der Waals surface area (Å²) in [5.41, 5.74) is 1.57. The molecule has 2 aliphatic rings. The number of ether oxygens (including phenoxy) is 2. The summed E-state index contributed by atoms with van der Waals surface area (Å²) in [6.07, 6.45) is 0.282. The van der Waals surface area contributed by atoms with Crippen LogP contribution < -0.4 is 4.74 Å². The Morgan fingerprint density at radius 3 is 2.31 bits per heavy atom. The van der Waals surface area contributed by atoms with Crippen molar-refractivity contribution in [2.45, 2.75) is 51.7 Å². The predicted molar refractivity (Wildman–Crippen MR) is 130 cm³/mol. The van der Waals surface area contributed by atoms with Gasteiger partial charge in [0.25, 0.3) is 11.8 Å². The molecule has 0 spiro atoms. The molecule has 0 saturated heterocycles. The van der Waals surface area contributed by atoms with Crippen molar-refractivity contribution in [3.63, 3.8) is 0 Å². The van der Waals surface area contributed by atoms with Crippen LogP contribution in [0.2, 0.25) is 0 Å². The molecule has 1 N–H and O–H groups in total. The molecular formula is C27H30N2O7. The first kappa shape index (κ1) is 25.2. The van der Waals surface area contributed by atoms with E-state index in [1.807, 2.05) is 12.1 Å². The summed E-state index contributed by atoms with van der Waals surface area (Å²) in [6.45, 7) is 5.79. The minimum atomic E-state index is -0.909. The zero-order valence-corrected chi connectivity index (χ0v) is 20.7. The lowest BCUT2D eigenvalue weighted by Gasteiger charge is -2.40. The van der Waals surface area contributed by atoms with Crippen LogP contribution in [0.15, 0.2) is 42.5 Å². The summed E-state index contributed by atoms with van der Waals surface area (Å²) in [5.74, 6) is -1.24. The van der Waals surface area contributed by atoms with E-state index >= 15 is 0 Å². The number of aliphatic carboxylic acids is 1. The number of carboxylic acid groups (broad SMARTS) is 1. The van der Waals surface area contributed by atoms with Crippen molar-refractivity contribution in [3.8, 4) is 5.75 Å². The normalized spacial score (nSPS) is 17.0. The molecule has 3 amide bonds. The number of benzene rings is 2. The summed E-state index contributed by atoms with van der Waals surface area (Å²) in [6, 6.07) is 11.5. The van der Waals surface area contributed by atoms with Gasteiger partial charge >= 0.3 is 12.1 Å². The number of fused-ring (bicyclic) bond motifs is 2. The van der Waals surface area contributed by atoms with Crippen LogP contribution in [0.3, 0.4) is 0 Å². The van der Waals surface area contributed by atoms with Gasteiger partial charge in [-0.2, -0.15) is 0 Å². The van der Waals surface area contributed by atoms with Crippen LogP contribution >= 0.6 is 0 Å². The molecule has 0 radical (unpaired) electrons. The molecule has 9 nitrogen and oxygen atoms in total. The zero-order valence-electron chi connectivity index (χ0n) is 20.7. The molecule has 0 bridgehead atoms. The molecule has 2 heterocycles. The van der Waals surface area contributed by atoms with Crippen LogP contribution in [0, 0.1) is 0 Å². The summed E-state index contributed by atoms with van der Waals surface area (Å²) < 4.78 is 11.6. The number of amides is 3. The number of carbonyl (C=O) groups is 4. The molecule has 4 rings (SSSR count). The van der Waals surface area contributed by atoms with Gasteiger partial charge in [0.2, 0.25) is 0 Å². The lowest BCUT2D eigenvalue weighted by Crippen LogP contribution is -2.48. The van der Waals surface area contributed by atoms with E-state index in [4.69, 9.17) is 14.6 Å². The van der Waals surface area contributed by atoms with Crippen LogP contribution in [-0.4, -0.2) is 64.1 Å². The summed E-state index contributed by atoms with van der Waals surface area (Å²) in [4.78, 5) is 53.1. The number of carboxylic acids is 1. The van der Waals surface area contributed by atoms with E-state index in [0.717, 1.165) is 5.56 Å². The highest BCUT2D eigenvalue weighted by atomic mass is 16.6. The van der Waals surface area contributed by atoms with Crippen molar-refractivity contribution >= 4 is 23.9 Å². The van der Waals surface area contributed by atoms with Gasteiger partial charge in [0.1, 0.15) is 11.4 Å². The Morgan fingerprint density at radius 2 is 1.69 bits per heavy atom. The third kappa shape index (κ3) is 5.19. The average molecular weight is 495 g/mol. The maximum Gasteiger partial charge on any atom is 0.410 e. The molecule has 2 aromatic rings. The quantitative estimate of drug-likeness (QED) is 0.456. The lowest BCUT2D eigenvalue weighted by atomic mass is 9.91. The second-order valence-corrected chi connectivity index (χ2v) is 9.88. The van der Waals surface area contributed by atoms with Gasteiger partial charge in [-0.1, -0.05) is 24.3 Å². The summed E-state index contributed by atoms with van der Waals surface area (Å²) >= 11 is 0. The van der Waals surface area contributed by atoms with Gasteiger partial charge in [0.15, 0.2) is 0 Å². The predicted octanol–water partition coefficient (Wildman–Crippen LogP) is 4.06. The van der Waals surface area contributed by atoms with Crippen LogP contribution in [-0.2, 0) is 16.0 Å². The van der Waals surface area contributed by atoms with Crippen molar-refractivity contribution in [3.05, 3.63) is 64.7 Å². The first-order valence-electron chi connectivity index (χ1n) is 12.0. The molecule has 36 heavy (non-hydrogen) atoms. The van der Waals surface area contributed by atoms with Gasteiger partial charge in [0.05, 0.1) is 30.3 Å². The van der Waals surface area contributed by atoms with Crippen LogP contribution in [0.25, 0.3) is 0 Å². The molecule has 1 atom stereocenters. The Kier molecular flexibility index (Phi) is 7.01. The SMILES string of the molecule is CC(C)(C)OC(=O)N1CCc2cccc(OCCCC(=O)O)c2[C@H]1CN1C(=O)c2ccccc2C1=O. The molecule has 190 valence electrons. The van der Waals surface area contributed by atoms with Gasteiger partial charge < -0.3 is 14.6 Å². The monoisotopic (exact) mass is 494 g/mol. The number of imide groups is 1. The first-order valence-corrected chi connectivity index (χ1v) is 12.0. The van der Waals surface area contributed by atoms with E-state index < -0.39 is 35.5 Å². The topological polar surface area (TPSA) is 113 Å². The maximum absolute atomic E-state index is 13.2. The Labute approximate surface area is 209 Å². The van der Waals surface area contributed by atoms with Gasteiger partial charge in [-0.15, -0.1) is 0 Å². The molecule has 0 aromatic heterocycles. The van der Waals surface area contributed by atoms with E-state index in [9.17, 15) is 19.2 Å². The second-order valence-electron chi connectivity index (χ2n) is 9.88. The molecule has 2 aliphatic heterocycles. The molecule has 0 aliphatic carbocycles. The summed E-state index contributed by atoms with van der Waals surface area (Å²) in [7, 11) is 0. The maximum atomic E-state index is 13.2. The fourth-order valence-electron chi connectivity index (χ4n) is 4.58. The number of hydrogen-bond donors (Lipinski definition) is 1. The lowest BCUT2D eigenvalue weighted by molar-refractivity contribution is -0.137. The van der Waals surface area contributed by atoms with Crippen molar-refractivity contribution in [2.75, 3.05) is 19.7 Å². The highest BCUT2D eigenvalue weighted by Crippen LogP contribution is 2.39. The van der Waals surface area contributed by atoms with Crippen LogP contribution in [0.1, 0.15) is 71.5 Å². The Hall–Kier alpha value is -3.88. The number of carbonyl (C=O) groups excluding carboxylic acids is 3. The Bertz CT molecular complexity index is 1170.